The minimum atomic E-state index is 0.814. The van der Waals surface area contributed by atoms with Crippen LogP contribution in [-0.2, 0) is 0 Å². The van der Waals surface area contributed by atoms with E-state index in [4.69, 9.17) is 0 Å². The first-order chi connectivity index (χ1) is 7.36. The van der Waals surface area contributed by atoms with Crippen molar-refractivity contribution in [3.05, 3.63) is 0 Å². The van der Waals surface area contributed by atoms with Gasteiger partial charge in [0.25, 0.3) is 0 Å². The van der Waals surface area contributed by atoms with E-state index in [1.165, 1.54) is 58.2 Å². The molecule has 0 bridgehead atoms. The van der Waals surface area contributed by atoms with Gasteiger partial charge in [-0.1, -0.05) is 13.3 Å². The molecule has 0 radical (unpaired) electrons. The van der Waals surface area contributed by atoms with E-state index in [2.05, 4.69) is 17.6 Å². The summed E-state index contributed by atoms with van der Waals surface area (Å²) in [4.78, 5) is 0. The van der Waals surface area contributed by atoms with Gasteiger partial charge in [-0.3, -0.25) is 0 Å². The third kappa shape index (κ3) is 3.46. The number of rotatable bonds is 3. The summed E-state index contributed by atoms with van der Waals surface area (Å²) in [7, 11) is 0. The van der Waals surface area contributed by atoms with Gasteiger partial charge in [0.1, 0.15) is 0 Å². The maximum absolute atomic E-state index is 3.69. The lowest BCUT2D eigenvalue weighted by Gasteiger charge is -2.32. The lowest BCUT2D eigenvalue weighted by atomic mass is 9.83. The zero-order chi connectivity index (χ0) is 10.5. The van der Waals surface area contributed by atoms with Crippen LogP contribution >= 0.6 is 0 Å². The van der Waals surface area contributed by atoms with Crippen LogP contribution in [-0.4, -0.2) is 25.7 Å². The van der Waals surface area contributed by atoms with Gasteiger partial charge < -0.3 is 10.6 Å². The van der Waals surface area contributed by atoms with Gasteiger partial charge in [-0.15, -0.1) is 0 Å². The minimum absolute atomic E-state index is 0.814. The molecule has 15 heavy (non-hydrogen) atoms. The number of hydrogen-bond acceptors (Lipinski definition) is 2. The summed E-state index contributed by atoms with van der Waals surface area (Å²) < 4.78 is 0. The monoisotopic (exact) mass is 210 g/mol. The fourth-order valence-corrected chi connectivity index (χ4v) is 3.17. The zero-order valence-corrected chi connectivity index (χ0v) is 10.1. The standard InChI is InChI=1S/C13H26N2/c1-11(13-4-2-3-7-15-13)10-12-5-8-14-9-6-12/h11-15H,2-10H2,1H3. The molecule has 2 atom stereocenters. The van der Waals surface area contributed by atoms with Gasteiger partial charge in [0.2, 0.25) is 0 Å². The van der Waals surface area contributed by atoms with Crippen molar-refractivity contribution in [1.82, 2.24) is 10.6 Å². The Labute approximate surface area is 94.2 Å². The second kappa shape index (κ2) is 5.86. The van der Waals surface area contributed by atoms with Gasteiger partial charge in [-0.05, 0) is 63.6 Å². The fourth-order valence-electron chi connectivity index (χ4n) is 3.17. The first-order valence-electron chi connectivity index (χ1n) is 6.80. The Balaban J connectivity index is 1.72. The van der Waals surface area contributed by atoms with Gasteiger partial charge >= 0.3 is 0 Å². The molecular formula is C13H26N2. The molecule has 2 saturated heterocycles. The Morgan fingerprint density at radius 3 is 2.53 bits per heavy atom. The second-order valence-electron chi connectivity index (χ2n) is 5.46. The van der Waals surface area contributed by atoms with Crippen molar-refractivity contribution in [1.29, 1.82) is 0 Å². The largest absolute Gasteiger partial charge is 0.317 e. The number of hydrogen-bond donors (Lipinski definition) is 2. The average Bonchev–Trinajstić information content (AvgIpc) is 2.31. The number of nitrogens with one attached hydrogen (secondary N) is 2. The van der Waals surface area contributed by atoms with E-state index in [-0.39, 0.29) is 0 Å². The van der Waals surface area contributed by atoms with Crippen LogP contribution in [0.25, 0.3) is 0 Å². The molecule has 0 spiro atoms. The third-order valence-electron chi connectivity index (χ3n) is 4.20. The van der Waals surface area contributed by atoms with Crippen molar-refractivity contribution in [3.8, 4) is 0 Å². The lowest BCUT2D eigenvalue weighted by molar-refractivity contribution is 0.239. The minimum Gasteiger partial charge on any atom is -0.317 e. The van der Waals surface area contributed by atoms with Crippen LogP contribution in [0.15, 0.2) is 0 Å². The Kier molecular flexibility index (Phi) is 4.45. The molecule has 0 aromatic carbocycles. The van der Waals surface area contributed by atoms with E-state index in [1.807, 2.05) is 0 Å². The van der Waals surface area contributed by atoms with E-state index < -0.39 is 0 Å². The molecule has 2 unspecified atom stereocenters. The molecule has 2 heterocycles. The van der Waals surface area contributed by atoms with Gasteiger partial charge in [-0.25, -0.2) is 0 Å². The summed E-state index contributed by atoms with van der Waals surface area (Å²) >= 11 is 0. The summed E-state index contributed by atoms with van der Waals surface area (Å²) in [5.41, 5.74) is 0. The van der Waals surface area contributed by atoms with Crippen molar-refractivity contribution in [2.24, 2.45) is 11.8 Å². The van der Waals surface area contributed by atoms with Crippen LogP contribution in [0.2, 0.25) is 0 Å². The maximum atomic E-state index is 3.69. The molecule has 0 aliphatic carbocycles. The Hall–Kier alpha value is -0.0800. The highest BCUT2D eigenvalue weighted by Crippen LogP contribution is 2.25. The van der Waals surface area contributed by atoms with Crippen LogP contribution in [0.1, 0.15) is 45.4 Å². The summed E-state index contributed by atoms with van der Waals surface area (Å²) in [5.74, 6) is 1.87. The van der Waals surface area contributed by atoms with E-state index in [0.29, 0.717) is 0 Å². The molecule has 2 heteroatoms. The van der Waals surface area contributed by atoms with Crippen LogP contribution in [0.5, 0.6) is 0 Å². The third-order valence-corrected chi connectivity index (χ3v) is 4.20. The highest BCUT2D eigenvalue weighted by molar-refractivity contribution is 4.80. The van der Waals surface area contributed by atoms with Crippen molar-refractivity contribution in [2.75, 3.05) is 19.6 Å². The van der Waals surface area contributed by atoms with E-state index >= 15 is 0 Å². The summed E-state index contributed by atoms with van der Waals surface area (Å²) in [6.45, 7) is 6.19. The van der Waals surface area contributed by atoms with Gasteiger partial charge in [0.15, 0.2) is 0 Å². The molecule has 88 valence electrons. The molecule has 2 nitrogen and oxygen atoms in total. The van der Waals surface area contributed by atoms with E-state index in [9.17, 15) is 0 Å². The smallest absolute Gasteiger partial charge is 0.00928 e. The molecule has 0 aromatic rings. The number of piperidine rings is 2. The van der Waals surface area contributed by atoms with Crippen molar-refractivity contribution >= 4 is 0 Å². The normalized spacial score (nSPS) is 31.4. The summed E-state index contributed by atoms with van der Waals surface area (Å²) in [6.07, 6.45) is 8.48. The van der Waals surface area contributed by atoms with Crippen molar-refractivity contribution < 1.29 is 0 Å². The van der Waals surface area contributed by atoms with Crippen molar-refractivity contribution in [3.63, 3.8) is 0 Å². The SMILES string of the molecule is CC(CC1CCNCC1)C1CCCCN1. The average molecular weight is 210 g/mol. The predicted octanol–water partition coefficient (Wildman–Crippen LogP) is 2.15. The van der Waals surface area contributed by atoms with E-state index in [1.54, 1.807) is 0 Å². The molecule has 2 rings (SSSR count). The molecule has 2 aliphatic rings. The van der Waals surface area contributed by atoms with Gasteiger partial charge in [-0.2, -0.15) is 0 Å². The molecule has 0 aromatic heterocycles. The Morgan fingerprint density at radius 1 is 1.07 bits per heavy atom. The first-order valence-corrected chi connectivity index (χ1v) is 6.80. The first kappa shape index (κ1) is 11.4. The second-order valence-corrected chi connectivity index (χ2v) is 5.46. The highest BCUT2D eigenvalue weighted by Gasteiger charge is 2.23. The predicted molar refractivity (Wildman–Crippen MR) is 65.0 cm³/mol. The maximum Gasteiger partial charge on any atom is 0.00928 e. The zero-order valence-electron chi connectivity index (χ0n) is 10.1. The van der Waals surface area contributed by atoms with Gasteiger partial charge in [0, 0.05) is 6.04 Å². The Bertz CT molecular complexity index is 169. The van der Waals surface area contributed by atoms with Crippen molar-refractivity contribution in [2.45, 2.75) is 51.5 Å². The topological polar surface area (TPSA) is 24.1 Å². The van der Waals surface area contributed by atoms with Crippen LogP contribution in [0.4, 0.5) is 0 Å². The van der Waals surface area contributed by atoms with Crippen LogP contribution in [0.3, 0.4) is 0 Å². The van der Waals surface area contributed by atoms with Gasteiger partial charge in [0.05, 0.1) is 0 Å². The quantitative estimate of drug-likeness (QED) is 0.746. The lowest BCUT2D eigenvalue weighted by Crippen LogP contribution is -2.40. The highest BCUT2D eigenvalue weighted by atomic mass is 14.9. The Morgan fingerprint density at radius 2 is 1.87 bits per heavy atom. The molecular weight excluding hydrogens is 184 g/mol. The molecule has 2 N–H and O–H groups in total. The molecule has 0 amide bonds. The summed E-state index contributed by atoms with van der Waals surface area (Å²) in [5, 5.41) is 7.14. The fraction of sp³-hybridized carbons (Fsp3) is 1.00. The van der Waals surface area contributed by atoms with E-state index in [0.717, 1.165) is 17.9 Å². The summed E-state index contributed by atoms with van der Waals surface area (Å²) in [6, 6.07) is 0.814. The molecule has 0 saturated carbocycles. The van der Waals surface area contributed by atoms with Crippen LogP contribution in [0, 0.1) is 11.8 Å². The molecule has 2 aliphatic heterocycles. The molecule has 2 fully saturated rings. The van der Waals surface area contributed by atoms with Crippen LogP contribution < -0.4 is 10.6 Å².